The summed E-state index contributed by atoms with van der Waals surface area (Å²) < 4.78 is 0. The third kappa shape index (κ3) is 2.52. The number of carbonyl (C=O) groups excluding carboxylic acids is 2. The van der Waals surface area contributed by atoms with Crippen molar-refractivity contribution in [1.29, 1.82) is 0 Å². The minimum Gasteiger partial charge on any atom is -0.342 e. The van der Waals surface area contributed by atoms with E-state index in [0.717, 1.165) is 13.0 Å². The van der Waals surface area contributed by atoms with Crippen LogP contribution in [-0.4, -0.2) is 35.8 Å². The molecule has 0 radical (unpaired) electrons. The number of carbonyl (C=O) groups is 2. The summed E-state index contributed by atoms with van der Waals surface area (Å²) in [6.45, 7) is 11.3. The predicted molar refractivity (Wildman–Crippen MR) is 69.9 cm³/mol. The van der Waals surface area contributed by atoms with Crippen LogP contribution in [0.15, 0.2) is 0 Å². The molecule has 0 spiro atoms. The minimum absolute atomic E-state index is 0.0343. The van der Waals surface area contributed by atoms with Crippen LogP contribution in [0.5, 0.6) is 0 Å². The van der Waals surface area contributed by atoms with Gasteiger partial charge in [0.15, 0.2) is 0 Å². The van der Waals surface area contributed by atoms with E-state index in [9.17, 15) is 9.59 Å². The van der Waals surface area contributed by atoms with E-state index in [1.807, 2.05) is 20.8 Å². The van der Waals surface area contributed by atoms with Gasteiger partial charge in [-0.05, 0) is 23.2 Å². The van der Waals surface area contributed by atoms with Gasteiger partial charge in [-0.15, -0.1) is 0 Å². The Kier molecular flexibility index (Phi) is 2.95. The average Bonchev–Trinajstić information content (AvgIpc) is 2.77. The maximum Gasteiger partial charge on any atom is 0.246 e. The first-order valence-corrected chi connectivity index (χ1v) is 6.69. The van der Waals surface area contributed by atoms with Gasteiger partial charge in [-0.1, -0.05) is 34.6 Å². The summed E-state index contributed by atoms with van der Waals surface area (Å²) in [5.41, 5.74) is 0.107. The van der Waals surface area contributed by atoms with Gasteiger partial charge in [0.25, 0.3) is 0 Å². The van der Waals surface area contributed by atoms with Crippen LogP contribution in [0.2, 0.25) is 0 Å². The Labute approximate surface area is 109 Å². The summed E-state index contributed by atoms with van der Waals surface area (Å²) in [6.07, 6.45) is 1.15. The van der Waals surface area contributed by atoms with E-state index in [0.29, 0.717) is 11.3 Å². The molecule has 0 aromatic carbocycles. The molecule has 2 atom stereocenters. The highest BCUT2D eigenvalue weighted by Gasteiger charge is 2.49. The predicted octanol–water partition coefficient (Wildman–Crippen LogP) is 1.41. The molecule has 4 nitrogen and oxygen atoms in total. The first-order chi connectivity index (χ1) is 8.11. The molecule has 2 unspecified atom stereocenters. The molecule has 1 aliphatic carbocycles. The highest BCUT2D eigenvalue weighted by molar-refractivity contribution is 5.95. The summed E-state index contributed by atoms with van der Waals surface area (Å²) in [5, 5.41) is 2.82. The molecular weight excluding hydrogens is 228 g/mol. The Balaban J connectivity index is 2.06. The Morgan fingerprint density at radius 2 is 1.89 bits per heavy atom. The second-order valence-electron chi connectivity index (χ2n) is 7.47. The van der Waals surface area contributed by atoms with Crippen molar-refractivity contribution in [1.82, 2.24) is 10.2 Å². The van der Waals surface area contributed by atoms with Gasteiger partial charge >= 0.3 is 0 Å². The van der Waals surface area contributed by atoms with E-state index in [1.54, 1.807) is 4.90 Å². The molecule has 2 amide bonds. The number of hydrogen-bond donors (Lipinski definition) is 1. The van der Waals surface area contributed by atoms with Crippen molar-refractivity contribution in [3.05, 3.63) is 0 Å². The van der Waals surface area contributed by atoms with Crippen LogP contribution in [0.3, 0.4) is 0 Å². The first kappa shape index (κ1) is 13.4. The number of piperazine rings is 1. The van der Waals surface area contributed by atoms with Gasteiger partial charge in [0.2, 0.25) is 11.8 Å². The van der Waals surface area contributed by atoms with E-state index >= 15 is 0 Å². The van der Waals surface area contributed by atoms with Crippen LogP contribution in [0.25, 0.3) is 0 Å². The second-order valence-corrected chi connectivity index (χ2v) is 7.47. The zero-order valence-corrected chi connectivity index (χ0v) is 12.0. The van der Waals surface area contributed by atoms with E-state index in [4.69, 9.17) is 0 Å². The molecule has 1 saturated heterocycles. The Hall–Kier alpha value is -1.06. The van der Waals surface area contributed by atoms with Crippen molar-refractivity contribution in [2.75, 3.05) is 13.1 Å². The van der Waals surface area contributed by atoms with Gasteiger partial charge in [0, 0.05) is 6.54 Å². The van der Waals surface area contributed by atoms with E-state index < -0.39 is 0 Å². The number of nitrogens with zero attached hydrogens (tertiary/aromatic N) is 1. The van der Waals surface area contributed by atoms with E-state index in [1.165, 1.54) is 0 Å². The standard InChI is InChI=1S/C14H24N2O2/c1-13(2,3)11-12(18)16(8-10(17)15-11)7-9-6-14(9,4)5/h9,11H,6-8H2,1-5H3,(H,15,17). The molecule has 2 rings (SSSR count). The largest absolute Gasteiger partial charge is 0.342 e. The molecule has 102 valence electrons. The van der Waals surface area contributed by atoms with Crippen LogP contribution < -0.4 is 5.32 Å². The van der Waals surface area contributed by atoms with Gasteiger partial charge in [0.1, 0.15) is 6.04 Å². The lowest BCUT2D eigenvalue weighted by atomic mass is 9.84. The number of nitrogens with one attached hydrogen (secondary N) is 1. The maximum absolute atomic E-state index is 12.4. The first-order valence-electron chi connectivity index (χ1n) is 6.69. The second kappa shape index (κ2) is 3.97. The van der Waals surface area contributed by atoms with Crippen LogP contribution in [-0.2, 0) is 9.59 Å². The van der Waals surface area contributed by atoms with Gasteiger partial charge in [-0.3, -0.25) is 9.59 Å². The molecule has 0 bridgehead atoms. The molecule has 1 heterocycles. The number of rotatable bonds is 2. The third-order valence-electron chi connectivity index (χ3n) is 4.22. The fourth-order valence-corrected chi connectivity index (χ4v) is 2.60. The van der Waals surface area contributed by atoms with Gasteiger partial charge in [-0.25, -0.2) is 0 Å². The van der Waals surface area contributed by atoms with E-state index in [2.05, 4.69) is 19.2 Å². The van der Waals surface area contributed by atoms with Crippen LogP contribution >= 0.6 is 0 Å². The average molecular weight is 252 g/mol. The Bertz CT molecular complexity index is 382. The van der Waals surface area contributed by atoms with Crippen molar-refractivity contribution in [2.24, 2.45) is 16.7 Å². The normalized spacial score (nSPS) is 31.3. The van der Waals surface area contributed by atoms with Gasteiger partial charge in [0.05, 0.1) is 6.54 Å². The lowest BCUT2D eigenvalue weighted by Gasteiger charge is -2.39. The van der Waals surface area contributed by atoms with Gasteiger partial charge in [-0.2, -0.15) is 0 Å². The fraction of sp³-hybridized carbons (Fsp3) is 0.857. The molecule has 4 heteroatoms. The number of amides is 2. The summed E-state index contributed by atoms with van der Waals surface area (Å²) in [7, 11) is 0. The van der Waals surface area contributed by atoms with Crippen molar-refractivity contribution >= 4 is 11.8 Å². The third-order valence-corrected chi connectivity index (χ3v) is 4.22. The van der Waals surface area contributed by atoms with E-state index in [-0.39, 0.29) is 29.8 Å². The molecule has 2 aliphatic rings. The van der Waals surface area contributed by atoms with Crippen molar-refractivity contribution < 1.29 is 9.59 Å². The zero-order valence-electron chi connectivity index (χ0n) is 12.0. The molecular formula is C14H24N2O2. The molecule has 1 aliphatic heterocycles. The quantitative estimate of drug-likeness (QED) is 0.807. The van der Waals surface area contributed by atoms with Crippen molar-refractivity contribution in [2.45, 2.75) is 47.1 Å². The molecule has 1 saturated carbocycles. The topological polar surface area (TPSA) is 49.4 Å². The van der Waals surface area contributed by atoms with Crippen LogP contribution in [0.4, 0.5) is 0 Å². The Morgan fingerprint density at radius 1 is 1.33 bits per heavy atom. The number of hydrogen-bond acceptors (Lipinski definition) is 2. The molecule has 18 heavy (non-hydrogen) atoms. The summed E-state index contributed by atoms with van der Waals surface area (Å²) >= 11 is 0. The molecule has 0 aromatic rings. The highest BCUT2D eigenvalue weighted by Crippen LogP contribution is 2.52. The lowest BCUT2D eigenvalue weighted by Crippen LogP contribution is -2.62. The molecule has 1 N–H and O–H groups in total. The Morgan fingerprint density at radius 3 is 2.33 bits per heavy atom. The molecule has 2 fully saturated rings. The zero-order chi connectivity index (χ0) is 13.7. The lowest BCUT2D eigenvalue weighted by molar-refractivity contribution is -0.147. The summed E-state index contributed by atoms with van der Waals surface area (Å²) in [6, 6.07) is -0.388. The smallest absolute Gasteiger partial charge is 0.246 e. The van der Waals surface area contributed by atoms with Gasteiger partial charge < -0.3 is 10.2 Å². The SMILES string of the molecule is CC(C)(C)C1NC(=O)CN(CC2CC2(C)C)C1=O. The van der Waals surface area contributed by atoms with Crippen molar-refractivity contribution in [3.63, 3.8) is 0 Å². The van der Waals surface area contributed by atoms with Crippen LogP contribution in [0, 0.1) is 16.7 Å². The maximum atomic E-state index is 12.4. The molecule has 0 aromatic heterocycles. The monoisotopic (exact) mass is 252 g/mol. The summed E-state index contributed by atoms with van der Waals surface area (Å²) in [5.74, 6) is 0.589. The van der Waals surface area contributed by atoms with Crippen molar-refractivity contribution in [3.8, 4) is 0 Å². The summed E-state index contributed by atoms with van der Waals surface area (Å²) in [4.78, 5) is 25.9. The van der Waals surface area contributed by atoms with Crippen LogP contribution in [0.1, 0.15) is 41.0 Å². The minimum atomic E-state index is -0.388. The fourth-order valence-electron chi connectivity index (χ4n) is 2.60. The highest BCUT2D eigenvalue weighted by atomic mass is 16.2.